The molecule has 2 aliphatic rings. The molecule has 1 N–H and O–H groups in total. The lowest BCUT2D eigenvalue weighted by atomic mass is 9.67. The molecule has 1 saturated carbocycles. The topological polar surface area (TPSA) is 94.7 Å². The number of hydrogen-bond donors (Lipinski definition) is 1. The van der Waals surface area contributed by atoms with Crippen molar-refractivity contribution in [3.05, 3.63) is 70.1 Å². The van der Waals surface area contributed by atoms with E-state index in [4.69, 9.17) is 30.5 Å². The Bertz CT molecular complexity index is 1910. The molecule has 10 heteroatoms. The first-order chi connectivity index (χ1) is 26.2. The average Bonchev–Trinajstić information content (AvgIpc) is 3.71. The number of amides is 1. The molecular formula is C44H59N5O5. The highest BCUT2D eigenvalue weighted by molar-refractivity contribution is 5.80. The molecule has 2 unspecified atom stereocenters. The maximum atomic E-state index is 13.4. The summed E-state index contributed by atoms with van der Waals surface area (Å²) in [6.07, 6.45) is 10.4. The van der Waals surface area contributed by atoms with Crippen LogP contribution in [0.5, 0.6) is 17.4 Å². The van der Waals surface area contributed by atoms with Crippen LogP contribution in [0.15, 0.2) is 36.4 Å². The van der Waals surface area contributed by atoms with Crippen LogP contribution in [0.4, 0.5) is 10.5 Å². The quantitative estimate of drug-likeness (QED) is 0.0964. The van der Waals surface area contributed by atoms with Crippen LogP contribution in [-0.2, 0) is 17.6 Å². The number of morpholine rings is 1. The minimum absolute atomic E-state index is 0.190. The third-order valence-electron chi connectivity index (χ3n) is 11.5. The van der Waals surface area contributed by atoms with Crippen molar-refractivity contribution >= 4 is 17.4 Å². The van der Waals surface area contributed by atoms with Crippen LogP contribution in [0.25, 0.3) is 21.9 Å². The maximum Gasteiger partial charge on any atom is 0.415 e. The van der Waals surface area contributed by atoms with Crippen LogP contribution in [0.2, 0.25) is 0 Å². The van der Waals surface area contributed by atoms with E-state index in [1.165, 1.54) is 37.7 Å². The van der Waals surface area contributed by atoms with Gasteiger partial charge in [0, 0.05) is 30.6 Å². The smallest absolute Gasteiger partial charge is 0.415 e. The van der Waals surface area contributed by atoms with Gasteiger partial charge in [0.2, 0.25) is 5.88 Å². The number of nitrogens with one attached hydrogen (secondary N) is 1. The SMILES string of the molecule is [C-]#[N+]c1c(CC2C(C)CC(C)CC2C)c2nc(-c3ccc(OC)c(Cc4cc(C)ccc4OCCCCCCCC)c3)[nH]n2c1OC(=O)N1CCOCC1. The zero-order valence-electron chi connectivity index (χ0n) is 33.2. The van der Waals surface area contributed by atoms with Crippen LogP contribution in [0, 0.1) is 37.2 Å². The summed E-state index contributed by atoms with van der Waals surface area (Å²) in [5, 5.41) is 3.43. The number of benzene rings is 2. The van der Waals surface area contributed by atoms with Gasteiger partial charge in [-0.3, -0.25) is 5.10 Å². The van der Waals surface area contributed by atoms with Gasteiger partial charge in [-0.05, 0) is 91.7 Å². The van der Waals surface area contributed by atoms with Crippen LogP contribution in [0.1, 0.15) is 101 Å². The molecule has 2 atom stereocenters. The maximum absolute atomic E-state index is 13.4. The summed E-state index contributed by atoms with van der Waals surface area (Å²) in [5.74, 6) is 4.56. The molecule has 2 aromatic heterocycles. The number of carbonyl (C=O) groups excluding carboxylic acids is 1. The molecule has 6 rings (SSSR count). The van der Waals surface area contributed by atoms with Crippen molar-refractivity contribution in [1.29, 1.82) is 0 Å². The number of aromatic nitrogens is 3. The zero-order valence-corrected chi connectivity index (χ0v) is 33.2. The molecule has 1 amide bonds. The first kappa shape index (κ1) is 39.2. The summed E-state index contributed by atoms with van der Waals surface area (Å²) in [5.41, 5.74) is 5.96. The minimum Gasteiger partial charge on any atom is -0.496 e. The Morgan fingerprint density at radius 1 is 0.981 bits per heavy atom. The number of fused-ring (bicyclic) bond motifs is 1. The van der Waals surface area contributed by atoms with E-state index in [1.807, 2.05) is 12.1 Å². The number of H-pyrrole nitrogens is 1. The van der Waals surface area contributed by atoms with E-state index in [1.54, 1.807) is 16.5 Å². The number of unbranched alkanes of at least 4 members (excludes halogenated alkanes) is 5. The second-order valence-corrected chi connectivity index (χ2v) is 15.8. The van der Waals surface area contributed by atoms with E-state index in [2.05, 4.69) is 68.8 Å². The Kier molecular flexibility index (Phi) is 13.2. The van der Waals surface area contributed by atoms with Gasteiger partial charge in [-0.2, -0.15) is 0 Å². The van der Waals surface area contributed by atoms with Gasteiger partial charge in [-0.1, -0.05) is 77.5 Å². The van der Waals surface area contributed by atoms with E-state index in [0.717, 1.165) is 53.0 Å². The van der Waals surface area contributed by atoms with Gasteiger partial charge in [-0.15, -0.1) is 0 Å². The Balaban J connectivity index is 1.33. The summed E-state index contributed by atoms with van der Waals surface area (Å²) < 4.78 is 25.5. The highest BCUT2D eigenvalue weighted by Gasteiger charge is 2.35. The highest BCUT2D eigenvalue weighted by atomic mass is 16.6. The lowest BCUT2D eigenvalue weighted by Crippen LogP contribution is -2.42. The number of methoxy groups -OCH3 is 1. The molecule has 0 bridgehead atoms. The van der Waals surface area contributed by atoms with Gasteiger partial charge in [0.1, 0.15) is 17.1 Å². The molecule has 2 fully saturated rings. The van der Waals surface area contributed by atoms with E-state index in [-0.39, 0.29) is 5.88 Å². The standard InChI is InChI=1S/C44H59N5O5/c1-8-9-10-11-12-13-20-53-39-16-14-29(2)25-34(39)27-35-26-33(15-17-38(35)51-7)41-46-42-37(28-36-31(4)23-30(3)24-32(36)5)40(45-6)43(49(42)47-41)54-44(50)48-18-21-52-22-19-48/h14-17,25-26,30-32,36H,8-13,18-24,27-28H2,1-5,7H3,(H,46,47). The number of aryl methyl sites for hydroxylation is 1. The van der Waals surface area contributed by atoms with Gasteiger partial charge in [-0.25, -0.2) is 19.1 Å². The van der Waals surface area contributed by atoms with E-state index < -0.39 is 6.09 Å². The molecule has 0 spiro atoms. The fraction of sp³-hybridized carbons (Fsp3) is 0.568. The van der Waals surface area contributed by atoms with Gasteiger partial charge < -0.3 is 23.8 Å². The Labute approximate surface area is 321 Å². The minimum atomic E-state index is -0.488. The number of aromatic amines is 1. The number of rotatable bonds is 15. The van der Waals surface area contributed by atoms with Gasteiger partial charge in [0.15, 0.2) is 5.82 Å². The first-order valence-corrected chi connectivity index (χ1v) is 20.1. The average molecular weight is 738 g/mol. The first-order valence-electron chi connectivity index (χ1n) is 20.1. The fourth-order valence-electron chi connectivity index (χ4n) is 8.68. The van der Waals surface area contributed by atoms with Crippen molar-refractivity contribution in [2.75, 3.05) is 40.0 Å². The van der Waals surface area contributed by atoms with Crippen molar-refractivity contribution in [3.63, 3.8) is 0 Å². The van der Waals surface area contributed by atoms with E-state index in [0.29, 0.717) is 86.6 Å². The Morgan fingerprint density at radius 3 is 2.41 bits per heavy atom. The van der Waals surface area contributed by atoms with Crippen molar-refractivity contribution in [2.45, 2.75) is 98.8 Å². The van der Waals surface area contributed by atoms with Crippen LogP contribution in [-0.4, -0.2) is 65.6 Å². The van der Waals surface area contributed by atoms with Crippen molar-refractivity contribution in [2.24, 2.45) is 23.7 Å². The number of hydrogen-bond acceptors (Lipinski definition) is 6. The van der Waals surface area contributed by atoms with Gasteiger partial charge in [0.05, 0.1) is 33.5 Å². The molecule has 290 valence electrons. The predicted octanol–water partition coefficient (Wildman–Crippen LogP) is 10.2. The van der Waals surface area contributed by atoms with Crippen molar-refractivity contribution < 1.29 is 23.7 Å². The summed E-state index contributed by atoms with van der Waals surface area (Å²) >= 11 is 0. The molecule has 4 aromatic rings. The van der Waals surface area contributed by atoms with E-state index >= 15 is 0 Å². The molecule has 2 aromatic carbocycles. The molecule has 1 saturated heterocycles. The second-order valence-electron chi connectivity index (χ2n) is 15.8. The van der Waals surface area contributed by atoms with Crippen LogP contribution < -0.4 is 14.2 Å². The summed E-state index contributed by atoms with van der Waals surface area (Å²) in [7, 11) is 1.70. The molecule has 1 aliphatic carbocycles. The van der Waals surface area contributed by atoms with Gasteiger partial charge in [0.25, 0.3) is 5.69 Å². The largest absolute Gasteiger partial charge is 0.496 e. The Hall–Kier alpha value is -4.49. The van der Waals surface area contributed by atoms with Crippen molar-refractivity contribution in [1.82, 2.24) is 19.5 Å². The molecule has 3 heterocycles. The molecule has 10 nitrogen and oxygen atoms in total. The summed E-state index contributed by atoms with van der Waals surface area (Å²) in [6, 6.07) is 12.5. The lowest BCUT2D eigenvalue weighted by Gasteiger charge is -2.38. The molecule has 54 heavy (non-hydrogen) atoms. The monoisotopic (exact) mass is 737 g/mol. The summed E-state index contributed by atoms with van der Waals surface area (Å²) in [4.78, 5) is 24.2. The van der Waals surface area contributed by atoms with E-state index in [9.17, 15) is 4.79 Å². The summed E-state index contributed by atoms with van der Waals surface area (Å²) in [6.45, 7) is 22.1. The number of carbonyl (C=O) groups is 1. The molecule has 1 aliphatic heterocycles. The highest BCUT2D eigenvalue weighted by Crippen LogP contribution is 2.45. The Morgan fingerprint density at radius 2 is 1.69 bits per heavy atom. The fourth-order valence-corrected chi connectivity index (χ4v) is 8.68. The lowest BCUT2D eigenvalue weighted by molar-refractivity contribution is 0.0411. The van der Waals surface area contributed by atoms with Crippen LogP contribution in [0.3, 0.4) is 0 Å². The third-order valence-corrected chi connectivity index (χ3v) is 11.5. The predicted molar refractivity (Wildman–Crippen MR) is 213 cm³/mol. The molecular weight excluding hydrogens is 679 g/mol. The molecule has 0 radical (unpaired) electrons. The second kappa shape index (κ2) is 18.2. The van der Waals surface area contributed by atoms with Crippen LogP contribution >= 0.6 is 0 Å². The normalized spacial score (nSPS) is 20.2. The third kappa shape index (κ3) is 9.06. The van der Waals surface area contributed by atoms with Crippen molar-refractivity contribution in [3.8, 4) is 28.8 Å². The number of ether oxygens (including phenoxy) is 4. The van der Waals surface area contributed by atoms with Gasteiger partial charge >= 0.3 is 6.09 Å². The zero-order chi connectivity index (χ0) is 38.2. The number of nitrogens with zero attached hydrogens (tertiary/aromatic N) is 4.